The number of nitrogens with zero attached hydrogens (tertiary/aromatic N) is 2. The molecule has 1 aliphatic rings. The molecule has 5 heteroatoms. The predicted octanol–water partition coefficient (Wildman–Crippen LogP) is 2.44. The largest absolute Gasteiger partial charge is 0.503 e. The topological polar surface area (TPSA) is 26.7 Å². The smallest absolute Gasteiger partial charge is 0.187 e. The highest BCUT2D eigenvalue weighted by atomic mass is 19.1. The number of benzene rings is 1. The molecule has 0 amide bonds. The molecule has 20 heavy (non-hydrogen) atoms. The highest BCUT2D eigenvalue weighted by Gasteiger charge is 2.18. The third-order valence-corrected chi connectivity index (χ3v) is 3.57. The molecule has 1 heterocycles. The molecule has 112 valence electrons. The molecule has 1 aromatic carbocycles. The van der Waals surface area contributed by atoms with E-state index < -0.39 is 17.4 Å². The van der Waals surface area contributed by atoms with Gasteiger partial charge in [0.05, 0.1) is 0 Å². The second-order valence-corrected chi connectivity index (χ2v) is 5.88. The summed E-state index contributed by atoms with van der Waals surface area (Å²) in [5.74, 6) is -2.02. The molecule has 2 rings (SSSR count). The number of hydrogen-bond donors (Lipinski definition) is 1. The van der Waals surface area contributed by atoms with Crippen molar-refractivity contribution in [2.24, 2.45) is 5.92 Å². The van der Waals surface area contributed by atoms with E-state index in [0.717, 1.165) is 32.7 Å². The van der Waals surface area contributed by atoms with Crippen LogP contribution < -0.4 is 0 Å². The Bertz CT molecular complexity index is 434. The van der Waals surface area contributed by atoms with Crippen LogP contribution in [0, 0.1) is 17.6 Å². The zero-order valence-corrected chi connectivity index (χ0v) is 12.1. The van der Waals surface area contributed by atoms with Gasteiger partial charge in [0.15, 0.2) is 17.4 Å². The molecule has 0 radical (unpaired) electrons. The summed E-state index contributed by atoms with van der Waals surface area (Å²) < 4.78 is 26.6. The van der Waals surface area contributed by atoms with Crippen molar-refractivity contribution < 1.29 is 13.9 Å². The van der Waals surface area contributed by atoms with Gasteiger partial charge in [0.25, 0.3) is 0 Å². The maximum absolute atomic E-state index is 13.3. The van der Waals surface area contributed by atoms with Gasteiger partial charge in [-0.3, -0.25) is 4.90 Å². The monoisotopic (exact) mass is 284 g/mol. The summed E-state index contributed by atoms with van der Waals surface area (Å²) in [4.78, 5) is 4.60. The lowest BCUT2D eigenvalue weighted by Gasteiger charge is -2.35. The SMILES string of the molecule is CC(C)CN1CCN(Cc2cc(F)c(O)c(F)c2)CC1. The minimum Gasteiger partial charge on any atom is -0.503 e. The van der Waals surface area contributed by atoms with E-state index in [4.69, 9.17) is 5.11 Å². The Morgan fingerprint density at radius 1 is 1.05 bits per heavy atom. The van der Waals surface area contributed by atoms with E-state index in [1.807, 2.05) is 0 Å². The molecular weight excluding hydrogens is 262 g/mol. The van der Waals surface area contributed by atoms with Gasteiger partial charge in [-0.1, -0.05) is 13.8 Å². The van der Waals surface area contributed by atoms with Crippen molar-refractivity contribution in [3.63, 3.8) is 0 Å². The van der Waals surface area contributed by atoms with Gasteiger partial charge in [-0.05, 0) is 23.6 Å². The fourth-order valence-corrected chi connectivity index (χ4v) is 2.61. The lowest BCUT2D eigenvalue weighted by Crippen LogP contribution is -2.46. The van der Waals surface area contributed by atoms with Gasteiger partial charge < -0.3 is 10.0 Å². The average Bonchev–Trinajstić information content (AvgIpc) is 2.37. The van der Waals surface area contributed by atoms with Crippen LogP contribution >= 0.6 is 0 Å². The minimum atomic E-state index is -0.893. The minimum absolute atomic E-state index is 0.517. The molecule has 0 spiro atoms. The lowest BCUT2D eigenvalue weighted by atomic mass is 10.1. The second-order valence-electron chi connectivity index (χ2n) is 5.88. The molecule has 0 bridgehead atoms. The Morgan fingerprint density at radius 3 is 2.05 bits per heavy atom. The fourth-order valence-electron chi connectivity index (χ4n) is 2.61. The molecule has 1 saturated heterocycles. The zero-order chi connectivity index (χ0) is 14.7. The van der Waals surface area contributed by atoms with Crippen LogP contribution in [0.4, 0.5) is 8.78 Å². The lowest BCUT2D eigenvalue weighted by molar-refractivity contribution is 0.117. The number of piperazine rings is 1. The summed E-state index contributed by atoms with van der Waals surface area (Å²) in [6, 6.07) is 2.41. The second kappa shape index (κ2) is 6.50. The quantitative estimate of drug-likeness (QED) is 0.920. The van der Waals surface area contributed by atoms with Crippen molar-refractivity contribution in [2.75, 3.05) is 32.7 Å². The van der Waals surface area contributed by atoms with Gasteiger partial charge in [-0.2, -0.15) is 0 Å². The molecule has 0 aliphatic carbocycles. The van der Waals surface area contributed by atoms with Crippen LogP contribution in [0.5, 0.6) is 5.75 Å². The molecule has 1 N–H and O–H groups in total. The van der Waals surface area contributed by atoms with Gasteiger partial charge in [0.1, 0.15) is 0 Å². The van der Waals surface area contributed by atoms with Crippen LogP contribution in [0.2, 0.25) is 0 Å². The zero-order valence-electron chi connectivity index (χ0n) is 12.1. The Labute approximate surface area is 118 Å². The van der Waals surface area contributed by atoms with Gasteiger partial charge >= 0.3 is 0 Å². The number of hydrogen-bond acceptors (Lipinski definition) is 3. The van der Waals surface area contributed by atoms with Gasteiger partial charge in [-0.25, -0.2) is 8.78 Å². The number of phenols is 1. The molecule has 0 saturated carbocycles. The molecule has 3 nitrogen and oxygen atoms in total. The van der Waals surface area contributed by atoms with Crippen LogP contribution in [0.3, 0.4) is 0 Å². The Morgan fingerprint density at radius 2 is 1.55 bits per heavy atom. The van der Waals surface area contributed by atoms with Gasteiger partial charge in [0, 0.05) is 39.3 Å². The summed E-state index contributed by atoms with van der Waals surface area (Å²) in [7, 11) is 0. The standard InChI is InChI=1S/C15H22F2N2O/c1-11(2)9-18-3-5-19(6-4-18)10-12-7-13(16)15(20)14(17)8-12/h7-8,11,20H,3-6,9-10H2,1-2H3. The highest BCUT2D eigenvalue weighted by Crippen LogP contribution is 2.22. The summed E-state index contributed by atoms with van der Waals surface area (Å²) in [5, 5.41) is 9.08. The van der Waals surface area contributed by atoms with E-state index in [1.165, 1.54) is 12.1 Å². The van der Waals surface area contributed by atoms with Crippen molar-refractivity contribution in [3.8, 4) is 5.75 Å². The summed E-state index contributed by atoms with van der Waals surface area (Å²) >= 11 is 0. The molecule has 1 aromatic rings. The summed E-state index contributed by atoms with van der Waals surface area (Å²) in [6.07, 6.45) is 0. The van der Waals surface area contributed by atoms with Crippen LogP contribution in [-0.2, 0) is 6.54 Å². The van der Waals surface area contributed by atoms with Crippen molar-refractivity contribution in [1.29, 1.82) is 0 Å². The average molecular weight is 284 g/mol. The normalized spacial score (nSPS) is 17.9. The van der Waals surface area contributed by atoms with Crippen molar-refractivity contribution >= 4 is 0 Å². The first-order chi connectivity index (χ1) is 9.45. The number of phenolic OH excluding ortho intramolecular Hbond substituents is 1. The molecule has 0 atom stereocenters. The first-order valence-electron chi connectivity index (χ1n) is 7.07. The van der Waals surface area contributed by atoms with E-state index in [2.05, 4.69) is 23.6 Å². The summed E-state index contributed by atoms with van der Waals surface area (Å²) in [5.41, 5.74) is 0.565. The Kier molecular flexibility index (Phi) is 4.94. The third-order valence-electron chi connectivity index (χ3n) is 3.57. The molecule has 1 fully saturated rings. The van der Waals surface area contributed by atoms with Crippen LogP contribution in [0.1, 0.15) is 19.4 Å². The number of rotatable bonds is 4. The van der Waals surface area contributed by atoms with Crippen molar-refractivity contribution in [1.82, 2.24) is 9.80 Å². The highest BCUT2D eigenvalue weighted by molar-refractivity contribution is 5.30. The van der Waals surface area contributed by atoms with E-state index >= 15 is 0 Å². The van der Waals surface area contributed by atoms with Crippen LogP contribution in [-0.4, -0.2) is 47.6 Å². The van der Waals surface area contributed by atoms with E-state index in [0.29, 0.717) is 18.0 Å². The Hall–Kier alpha value is -1.20. The maximum atomic E-state index is 13.3. The maximum Gasteiger partial charge on any atom is 0.187 e. The van der Waals surface area contributed by atoms with Gasteiger partial charge in [-0.15, -0.1) is 0 Å². The number of halogens is 2. The number of aromatic hydroxyl groups is 1. The predicted molar refractivity (Wildman–Crippen MR) is 74.6 cm³/mol. The summed E-state index contributed by atoms with van der Waals surface area (Å²) in [6.45, 7) is 9.79. The van der Waals surface area contributed by atoms with E-state index in [1.54, 1.807) is 0 Å². The van der Waals surface area contributed by atoms with Gasteiger partial charge in [0.2, 0.25) is 0 Å². The first-order valence-corrected chi connectivity index (χ1v) is 7.07. The first kappa shape index (κ1) is 15.2. The molecule has 1 aliphatic heterocycles. The van der Waals surface area contributed by atoms with Crippen LogP contribution in [0.25, 0.3) is 0 Å². The van der Waals surface area contributed by atoms with E-state index in [-0.39, 0.29) is 0 Å². The van der Waals surface area contributed by atoms with Crippen molar-refractivity contribution in [3.05, 3.63) is 29.3 Å². The molecular formula is C15H22F2N2O. The third kappa shape index (κ3) is 3.90. The van der Waals surface area contributed by atoms with E-state index in [9.17, 15) is 8.78 Å². The van der Waals surface area contributed by atoms with Crippen LogP contribution in [0.15, 0.2) is 12.1 Å². The molecule has 0 unspecified atom stereocenters. The molecule has 0 aromatic heterocycles. The fraction of sp³-hybridized carbons (Fsp3) is 0.600. The Balaban J connectivity index is 1.89. The van der Waals surface area contributed by atoms with Crippen molar-refractivity contribution in [2.45, 2.75) is 20.4 Å².